The molecule has 2 radical (unpaired) electrons. The predicted octanol–water partition coefficient (Wildman–Crippen LogP) is 1.35. The van der Waals surface area contributed by atoms with Crippen molar-refractivity contribution in [2.75, 3.05) is 13.2 Å². The van der Waals surface area contributed by atoms with Crippen molar-refractivity contribution in [3.8, 4) is 11.5 Å². The summed E-state index contributed by atoms with van der Waals surface area (Å²) in [7, 11) is 0. The zero-order valence-corrected chi connectivity index (χ0v) is 23.2. The maximum Gasteiger partial charge on any atom is 0.371 e. The quantitative estimate of drug-likeness (QED) is 0.290. The fourth-order valence-electron chi connectivity index (χ4n) is 3.23. The topological polar surface area (TPSA) is 174 Å². The van der Waals surface area contributed by atoms with Gasteiger partial charge < -0.3 is 33.6 Å². The normalized spacial score (nSPS) is 10.5. The van der Waals surface area contributed by atoms with Crippen LogP contribution in [0.1, 0.15) is 21.1 Å². The van der Waals surface area contributed by atoms with Gasteiger partial charge in [0.1, 0.15) is 52.8 Å². The summed E-state index contributed by atoms with van der Waals surface area (Å²) < 4.78 is 21.4. The minimum Gasteiger partial charge on any atom is -0.490 e. The molecule has 36 heavy (non-hydrogen) atoms. The van der Waals surface area contributed by atoms with E-state index in [4.69, 9.17) is 28.5 Å². The molecule has 0 unspecified atom stereocenters. The van der Waals surface area contributed by atoms with E-state index < -0.39 is 40.4 Å². The molecule has 2 aromatic heterocycles. The number of aromatic carboxylic acids is 2. The van der Waals surface area contributed by atoms with Crippen molar-refractivity contribution in [2.24, 2.45) is 0 Å². The molecule has 11 nitrogen and oxygen atoms in total. The zero-order chi connectivity index (χ0) is 24.4. The second-order valence-corrected chi connectivity index (χ2v) is 7.09. The molecule has 0 aliphatic carbocycles. The van der Waals surface area contributed by atoms with Crippen LogP contribution in [0.5, 0.6) is 11.5 Å². The minimum absolute atomic E-state index is 0. The van der Waals surface area contributed by atoms with Crippen LogP contribution in [0.15, 0.2) is 67.0 Å². The number of hydrogen-bond acceptors (Lipinski definition) is 9. The summed E-state index contributed by atoms with van der Waals surface area (Å²) >= 11 is 0. The summed E-state index contributed by atoms with van der Waals surface area (Å²) in [5.41, 5.74) is -1.22. The fraction of sp³-hybridized carbons (Fsp3) is 0.130. The maximum absolute atomic E-state index is 12.3. The number of hydrogen-bond donors (Lipinski definition) is 3. The van der Waals surface area contributed by atoms with Crippen molar-refractivity contribution in [2.45, 2.75) is 6.10 Å². The van der Waals surface area contributed by atoms with Crippen LogP contribution in [0, 0.1) is 0 Å². The van der Waals surface area contributed by atoms with E-state index in [0.717, 1.165) is 12.1 Å². The number of aliphatic hydroxyl groups is 1. The van der Waals surface area contributed by atoms with Crippen LogP contribution in [0.2, 0.25) is 0 Å². The number of rotatable bonds is 8. The molecule has 0 aliphatic heterocycles. The van der Waals surface area contributed by atoms with Crippen molar-refractivity contribution in [3.63, 3.8) is 0 Å². The van der Waals surface area contributed by atoms with Crippen LogP contribution in [-0.2, 0) is 0 Å². The molecule has 4 aromatic rings. The van der Waals surface area contributed by atoms with Crippen molar-refractivity contribution in [1.82, 2.24) is 0 Å². The van der Waals surface area contributed by atoms with Gasteiger partial charge in [-0.1, -0.05) is 12.1 Å². The minimum atomic E-state index is -1.39. The molecule has 0 atom stereocenters. The monoisotopic (exact) mass is 514 g/mol. The number of benzene rings is 2. The van der Waals surface area contributed by atoms with Gasteiger partial charge in [0, 0.05) is 71.2 Å². The Hall–Kier alpha value is -2.64. The Morgan fingerprint density at radius 1 is 0.750 bits per heavy atom. The Morgan fingerprint density at radius 2 is 1.14 bits per heavy atom. The summed E-state index contributed by atoms with van der Waals surface area (Å²) in [4.78, 5) is 46.8. The average Bonchev–Trinajstić information content (AvgIpc) is 2.80. The summed E-state index contributed by atoms with van der Waals surface area (Å²) in [5, 5.41) is 28.4. The van der Waals surface area contributed by atoms with E-state index in [1.54, 1.807) is 0 Å². The molecule has 0 aliphatic rings. The molecule has 0 saturated heterocycles. The second kappa shape index (κ2) is 12.5. The first kappa shape index (κ1) is 29.6. The Balaban J connectivity index is 0.00000228. The third-order valence-corrected chi connectivity index (χ3v) is 4.72. The van der Waals surface area contributed by atoms with Crippen molar-refractivity contribution < 1.29 is 43.2 Å². The van der Waals surface area contributed by atoms with E-state index in [-0.39, 0.29) is 106 Å². The van der Waals surface area contributed by atoms with Crippen LogP contribution in [0.4, 0.5) is 0 Å². The first-order chi connectivity index (χ1) is 16.2. The molecule has 0 saturated carbocycles. The zero-order valence-electron chi connectivity index (χ0n) is 19.2. The van der Waals surface area contributed by atoms with E-state index in [2.05, 4.69) is 0 Å². The molecule has 0 spiro atoms. The van der Waals surface area contributed by atoms with Gasteiger partial charge in [-0.05, 0) is 24.3 Å². The van der Waals surface area contributed by atoms with E-state index in [1.807, 2.05) is 0 Å². The summed E-state index contributed by atoms with van der Waals surface area (Å²) in [6.45, 7) is -0.608. The second-order valence-electron chi connectivity index (χ2n) is 7.09. The molecule has 0 bridgehead atoms. The van der Waals surface area contributed by atoms with Crippen molar-refractivity contribution in [3.05, 3.63) is 80.5 Å². The van der Waals surface area contributed by atoms with Crippen molar-refractivity contribution in [1.29, 1.82) is 0 Å². The Kier molecular flexibility index (Phi) is 10.3. The number of carboxylic acids is 2. The van der Waals surface area contributed by atoms with Gasteiger partial charge in [-0.25, -0.2) is 9.59 Å². The molecule has 2 heterocycles. The molecule has 4 rings (SSSR count). The Bertz CT molecular complexity index is 1430. The fourth-order valence-corrected chi connectivity index (χ4v) is 3.23. The molecule has 0 amide bonds. The van der Waals surface area contributed by atoms with Crippen molar-refractivity contribution >= 4 is 93.0 Å². The van der Waals surface area contributed by atoms with Crippen LogP contribution in [0.3, 0.4) is 0 Å². The molecule has 3 N–H and O–H groups in total. The van der Waals surface area contributed by atoms with E-state index in [9.17, 15) is 24.3 Å². The van der Waals surface area contributed by atoms with Crippen LogP contribution < -0.4 is 20.3 Å². The van der Waals surface area contributed by atoms with Gasteiger partial charge in [0.25, 0.3) is 0 Å². The third kappa shape index (κ3) is 6.37. The first-order valence-electron chi connectivity index (χ1n) is 9.78. The Labute approximate surface area is 245 Å². The summed E-state index contributed by atoms with van der Waals surface area (Å²) in [6, 6.07) is 10.4. The van der Waals surface area contributed by atoms with Gasteiger partial charge in [0.05, 0.1) is 0 Å². The maximum atomic E-state index is 12.3. The molecular weight excluding hydrogens is 498 g/mol. The van der Waals surface area contributed by atoms with E-state index in [1.165, 1.54) is 36.4 Å². The molecule has 0 fully saturated rings. The number of aliphatic hydroxyl groups excluding tert-OH is 1. The summed E-state index contributed by atoms with van der Waals surface area (Å²) in [6.07, 6.45) is -1.19. The van der Waals surface area contributed by atoms with Gasteiger partial charge in [0.2, 0.25) is 11.5 Å². The van der Waals surface area contributed by atoms with Gasteiger partial charge in [-0.15, -0.1) is 0 Å². The Morgan fingerprint density at radius 3 is 1.50 bits per heavy atom. The first-order valence-corrected chi connectivity index (χ1v) is 9.78. The van der Waals surface area contributed by atoms with Gasteiger partial charge >= 0.3 is 11.9 Å². The number of fused-ring (bicyclic) bond motifs is 2. The molecule has 176 valence electrons. The number of carbonyl (C=O) groups is 2. The van der Waals surface area contributed by atoms with Gasteiger partial charge in [-0.2, -0.15) is 0 Å². The van der Waals surface area contributed by atoms with Gasteiger partial charge in [-0.3, -0.25) is 9.59 Å². The molecule has 13 heteroatoms. The van der Waals surface area contributed by atoms with E-state index in [0.29, 0.717) is 0 Å². The van der Waals surface area contributed by atoms with Crippen LogP contribution in [0.25, 0.3) is 21.9 Å². The number of ether oxygens (including phenoxy) is 2. The molecule has 2 aromatic carbocycles. The predicted molar refractivity (Wildman–Crippen MR) is 127 cm³/mol. The average molecular weight is 514 g/mol. The SMILES string of the molecule is O=C(O)c1cc(=O)c2c(OCC(O)COc3cccc4oc(C(=O)O)cc(=O)c34)cccc2o1.[Na].[Na]. The van der Waals surface area contributed by atoms with Crippen LogP contribution >= 0.6 is 0 Å². The standard InChI is InChI=1S/C23H16O11.2Na/c24-11(9-31-14-3-1-5-16-20(14)12(25)7-18(33-16)22(27)28)10-32-15-4-2-6-17-21(15)13(26)8-19(34-17)23(29)30;;/h1-8,11,24H,9-10H2,(H,27,28)(H,29,30);;. The third-order valence-electron chi connectivity index (χ3n) is 4.72. The smallest absolute Gasteiger partial charge is 0.371 e. The number of carboxylic acid groups (broad SMARTS) is 2. The molecular formula is C23H16Na2O11. The van der Waals surface area contributed by atoms with Gasteiger partial charge in [0.15, 0.2) is 10.9 Å². The largest absolute Gasteiger partial charge is 0.490 e. The van der Waals surface area contributed by atoms with Crippen LogP contribution in [-0.4, -0.2) is 106 Å². The summed E-state index contributed by atoms with van der Waals surface area (Å²) in [5.74, 6) is -3.65. The van der Waals surface area contributed by atoms with E-state index >= 15 is 0 Å².